The Morgan fingerprint density at radius 2 is 2.12 bits per heavy atom. The van der Waals surface area contributed by atoms with Gasteiger partial charge in [-0.25, -0.2) is 0 Å². The molecule has 26 heavy (non-hydrogen) atoms. The molecular weight excluding hydrogens is 369 g/mol. The van der Waals surface area contributed by atoms with Crippen molar-refractivity contribution in [3.8, 4) is 0 Å². The fourth-order valence-corrected chi connectivity index (χ4v) is 3.42. The first-order chi connectivity index (χ1) is 12.1. The number of aromatic nitrogens is 1. The quantitative estimate of drug-likeness (QED) is 0.843. The van der Waals surface area contributed by atoms with E-state index in [1.54, 1.807) is 12.3 Å². The number of hydrogen-bond donors (Lipinski definition) is 1. The Kier molecular flexibility index (Phi) is 7.88. The van der Waals surface area contributed by atoms with Gasteiger partial charge in [0, 0.05) is 22.8 Å². The molecule has 140 valence electrons. The van der Waals surface area contributed by atoms with Gasteiger partial charge in [0.05, 0.1) is 12.2 Å². The Labute approximate surface area is 166 Å². The highest BCUT2D eigenvalue weighted by Crippen LogP contribution is 2.22. The number of amides is 1. The van der Waals surface area contributed by atoms with Crippen molar-refractivity contribution in [2.45, 2.75) is 38.8 Å². The smallest absolute Gasteiger partial charge is 0.254 e. The number of carbonyl (C=O) groups excluding carboxylic acids is 1. The molecule has 1 aliphatic rings. The lowest BCUT2D eigenvalue weighted by atomic mass is 10.0. The van der Waals surface area contributed by atoms with Crippen LogP contribution in [0.1, 0.15) is 40.9 Å². The Morgan fingerprint density at radius 1 is 1.27 bits per heavy atom. The first-order valence-corrected chi connectivity index (χ1v) is 9.20. The molecular formula is C20H25Cl2N3O. The Balaban J connectivity index is 0.00000243. The number of nitrogens with zero attached hydrogens (tertiary/aromatic N) is 2. The van der Waals surface area contributed by atoms with Gasteiger partial charge in [-0.15, -0.1) is 12.4 Å². The molecule has 1 aromatic heterocycles. The van der Waals surface area contributed by atoms with E-state index in [1.165, 1.54) is 0 Å². The highest BCUT2D eigenvalue weighted by atomic mass is 35.5. The molecule has 0 aliphatic carbocycles. The summed E-state index contributed by atoms with van der Waals surface area (Å²) in [6.07, 6.45) is 4.81. The van der Waals surface area contributed by atoms with Crippen molar-refractivity contribution in [2.24, 2.45) is 0 Å². The number of halogens is 2. The Bertz CT molecular complexity index is 716. The molecule has 6 heteroatoms. The average Bonchev–Trinajstić information content (AvgIpc) is 2.91. The van der Waals surface area contributed by atoms with Crippen LogP contribution in [0.4, 0.5) is 0 Å². The molecule has 4 nitrogen and oxygen atoms in total. The van der Waals surface area contributed by atoms with Crippen LogP contribution in [0.15, 0.2) is 42.6 Å². The molecule has 1 amide bonds. The number of hydrogen-bond acceptors (Lipinski definition) is 3. The molecule has 1 unspecified atom stereocenters. The van der Waals surface area contributed by atoms with Crippen molar-refractivity contribution in [1.29, 1.82) is 0 Å². The van der Waals surface area contributed by atoms with E-state index in [1.807, 2.05) is 42.2 Å². The van der Waals surface area contributed by atoms with Crippen LogP contribution >= 0.6 is 24.0 Å². The molecule has 2 aromatic rings. The highest BCUT2D eigenvalue weighted by Gasteiger charge is 2.26. The maximum atomic E-state index is 13.2. The Hall–Kier alpha value is -1.62. The number of carbonyl (C=O) groups is 1. The predicted molar refractivity (Wildman–Crippen MR) is 108 cm³/mol. The molecule has 1 aliphatic heterocycles. The summed E-state index contributed by atoms with van der Waals surface area (Å²) in [5.41, 5.74) is 2.53. The molecule has 1 fully saturated rings. The van der Waals surface area contributed by atoms with Gasteiger partial charge in [-0.3, -0.25) is 9.78 Å². The highest BCUT2D eigenvalue weighted by molar-refractivity contribution is 6.31. The molecule has 2 heterocycles. The summed E-state index contributed by atoms with van der Waals surface area (Å²) >= 11 is 6.24. The summed E-state index contributed by atoms with van der Waals surface area (Å²) in [7, 11) is 0. The lowest BCUT2D eigenvalue weighted by Gasteiger charge is -2.31. The van der Waals surface area contributed by atoms with Crippen LogP contribution < -0.4 is 5.32 Å². The topological polar surface area (TPSA) is 45.2 Å². The van der Waals surface area contributed by atoms with E-state index < -0.39 is 0 Å². The second-order valence-electron chi connectivity index (χ2n) is 6.55. The summed E-state index contributed by atoms with van der Waals surface area (Å²) in [6.45, 7) is 4.42. The maximum absolute atomic E-state index is 13.2. The minimum absolute atomic E-state index is 0. The summed E-state index contributed by atoms with van der Waals surface area (Å²) in [5.74, 6) is 0.0273. The minimum Gasteiger partial charge on any atom is -0.330 e. The van der Waals surface area contributed by atoms with E-state index in [0.29, 0.717) is 17.1 Å². The standard InChI is InChI=1S/C20H24ClN3O.ClH/c1-15-7-8-16(13-19(15)21)20(25)24(14-17-5-2-3-11-23-17)18-6-4-10-22-12-9-18;/h2-3,5,7-8,11,13,18,22H,4,6,9-10,12,14H2,1H3;1H. The third kappa shape index (κ3) is 5.19. The molecule has 0 spiro atoms. The molecule has 0 bridgehead atoms. The number of benzene rings is 1. The zero-order chi connectivity index (χ0) is 17.6. The predicted octanol–water partition coefficient (Wildman–Crippen LogP) is 4.25. The molecule has 1 N–H and O–H groups in total. The van der Waals surface area contributed by atoms with Crippen LogP contribution in [-0.2, 0) is 6.54 Å². The third-order valence-electron chi connectivity index (χ3n) is 4.72. The second-order valence-corrected chi connectivity index (χ2v) is 6.96. The van der Waals surface area contributed by atoms with Crippen molar-refractivity contribution in [2.75, 3.05) is 13.1 Å². The summed E-state index contributed by atoms with van der Waals surface area (Å²) in [6, 6.07) is 11.6. The fraction of sp³-hybridized carbons (Fsp3) is 0.400. The van der Waals surface area contributed by atoms with Crippen LogP contribution in [0.25, 0.3) is 0 Å². The monoisotopic (exact) mass is 393 g/mol. The van der Waals surface area contributed by atoms with Crippen LogP contribution in [0.5, 0.6) is 0 Å². The van der Waals surface area contributed by atoms with Gasteiger partial charge >= 0.3 is 0 Å². The van der Waals surface area contributed by atoms with Gasteiger partial charge in [-0.1, -0.05) is 23.7 Å². The first kappa shape index (κ1) is 20.7. The zero-order valence-corrected chi connectivity index (χ0v) is 16.5. The molecule has 0 saturated carbocycles. The van der Waals surface area contributed by atoms with Crippen molar-refractivity contribution >= 4 is 29.9 Å². The van der Waals surface area contributed by atoms with Gasteiger partial charge in [-0.2, -0.15) is 0 Å². The maximum Gasteiger partial charge on any atom is 0.254 e. The number of aryl methyl sites for hydroxylation is 1. The number of rotatable bonds is 4. The number of nitrogens with one attached hydrogen (secondary N) is 1. The molecule has 1 saturated heterocycles. The second kappa shape index (κ2) is 9.91. The lowest BCUT2D eigenvalue weighted by Crippen LogP contribution is -2.40. The van der Waals surface area contributed by atoms with E-state index in [2.05, 4.69) is 10.3 Å². The van der Waals surface area contributed by atoms with E-state index >= 15 is 0 Å². The summed E-state index contributed by atoms with van der Waals surface area (Å²) in [5, 5.41) is 4.05. The van der Waals surface area contributed by atoms with Gasteiger partial charge < -0.3 is 10.2 Å². The number of pyridine rings is 1. The van der Waals surface area contributed by atoms with Crippen molar-refractivity contribution in [1.82, 2.24) is 15.2 Å². The molecule has 3 rings (SSSR count). The summed E-state index contributed by atoms with van der Waals surface area (Å²) in [4.78, 5) is 19.6. The summed E-state index contributed by atoms with van der Waals surface area (Å²) < 4.78 is 0. The van der Waals surface area contributed by atoms with Crippen molar-refractivity contribution in [3.63, 3.8) is 0 Å². The van der Waals surface area contributed by atoms with Crippen LogP contribution in [0, 0.1) is 6.92 Å². The van der Waals surface area contributed by atoms with E-state index in [0.717, 1.165) is 43.6 Å². The largest absolute Gasteiger partial charge is 0.330 e. The van der Waals surface area contributed by atoms with E-state index in [4.69, 9.17) is 11.6 Å². The van der Waals surface area contributed by atoms with Gasteiger partial charge in [0.2, 0.25) is 0 Å². The third-order valence-corrected chi connectivity index (χ3v) is 5.13. The van der Waals surface area contributed by atoms with Gasteiger partial charge in [-0.05, 0) is 69.1 Å². The average molecular weight is 394 g/mol. The lowest BCUT2D eigenvalue weighted by molar-refractivity contribution is 0.0642. The van der Waals surface area contributed by atoms with E-state index in [9.17, 15) is 4.79 Å². The molecule has 1 atom stereocenters. The van der Waals surface area contributed by atoms with Gasteiger partial charge in [0.25, 0.3) is 5.91 Å². The van der Waals surface area contributed by atoms with Crippen LogP contribution in [-0.4, -0.2) is 34.9 Å². The first-order valence-electron chi connectivity index (χ1n) is 8.83. The van der Waals surface area contributed by atoms with Gasteiger partial charge in [0.1, 0.15) is 0 Å². The van der Waals surface area contributed by atoms with Crippen LogP contribution in [0.2, 0.25) is 5.02 Å². The SMILES string of the molecule is Cc1ccc(C(=O)N(Cc2ccccn2)C2CCCNCC2)cc1Cl.Cl. The normalized spacial score (nSPS) is 17.1. The Morgan fingerprint density at radius 3 is 2.85 bits per heavy atom. The minimum atomic E-state index is 0. The molecule has 0 radical (unpaired) electrons. The van der Waals surface area contributed by atoms with Crippen LogP contribution in [0.3, 0.4) is 0 Å². The van der Waals surface area contributed by atoms with Crippen molar-refractivity contribution < 1.29 is 4.79 Å². The molecule has 1 aromatic carbocycles. The zero-order valence-electron chi connectivity index (χ0n) is 15.0. The van der Waals surface area contributed by atoms with E-state index in [-0.39, 0.29) is 24.4 Å². The van der Waals surface area contributed by atoms with Gasteiger partial charge in [0.15, 0.2) is 0 Å². The van der Waals surface area contributed by atoms with Crippen molar-refractivity contribution in [3.05, 3.63) is 64.4 Å². The fourth-order valence-electron chi connectivity index (χ4n) is 3.24.